The van der Waals surface area contributed by atoms with Crippen molar-refractivity contribution in [2.24, 2.45) is 5.73 Å². The number of nitrogens with two attached hydrogens (primary N) is 1. The van der Waals surface area contributed by atoms with Crippen LogP contribution in [0.25, 0.3) is 0 Å². The van der Waals surface area contributed by atoms with E-state index in [2.05, 4.69) is 4.90 Å². The smallest absolute Gasteiger partial charge is 0.248 e. The van der Waals surface area contributed by atoms with Crippen LogP contribution in [0.15, 0.2) is 18.2 Å². The highest BCUT2D eigenvalue weighted by molar-refractivity contribution is 5.93. The molecule has 110 valence electrons. The number of carbonyl (C=O) groups is 1. The van der Waals surface area contributed by atoms with Crippen molar-refractivity contribution in [3.8, 4) is 0 Å². The third kappa shape index (κ3) is 3.55. The maximum absolute atomic E-state index is 11.3. The number of amides is 1. The van der Waals surface area contributed by atoms with Gasteiger partial charge in [0.2, 0.25) is 5.91 Å². The molecule has 0 saturated carbocycles. The molecule has 6 nitrogen and oxygen atoms in total. The second kappa shape index (κ2) is 6.81. The van der Waals surface area contributed by atoms with Gasteiger partial charge in [-0.25, -0.2) is 0 Å². The van der Waals surface area contributed by atoms with Crippen molar-refractivity contribution >= 4 is 5.91 Å². The molecule has 1 aliphatic heterocycles. The molecular weight excluding hydrogens is 260 g/mol. The first kappa shape index (κ1) is 14.9. The van der Waals surface area contributed by atoms with Crippen molar-refractivity contribution < 1.29 is 19.4 Å². The molecule has 2 rings (SSSR count). The second-order valence-corrected chi connectivity index (χ2v) is 4.75. The lowest BCUT2D eigenvalue weighted by molar-refractivity contribution is -0.0779. The van der Waals surface area contributed by atoms with Crippen LogP contribution in [0.2, 0.25) is 0 Å². The van der Waals surface area contributed by atoms with Crippen LogP contribution < -0.4 is 5.73 Å². The summed E-state index contributed by atoms with van der Waals surface area (Å²) in [6.07, 6.45) is -1.01. The van der Waals surface area contributed by atoms with Crippen LogP contribution in [0, 0.1) is 0 Å². The lowest BCUT2D eigenvalue weighted by Gasteiger charge is -2.28. The van der Waals surface area contributed by atoms with Gasteiger partial charge in [-0.3, -0.25) is 9.69 Å². The Bertz CT molecular complexity index is 472. The largest absolute Gasteiger partial charge is 0.379 e. The van der Waals surface area contributed by atoms with E-state index in [4.69, 9.17) is 15.2 Å². The second-order valence-electron chi connectivity index (χ2n) is 4.75. The molecule has 0 spiro atoms. The Hall–Kier alpha value is -1.47. The molecule has 1 aromatic rings. The van der Waals surface area contributed by atoms with Crippen LogP contribution in [0.1, 0.15) is 27.8 Å². The average molecular weight is 280 g/mol. The summed E-state index contributed by atoms with van der Waals surface area (Å²) < 4.78 is 10.3. The van der Waals surface area contributed by atoms with Gasteiger partial charge in [-0.2, -0.15) is 0 Å². The summed E-state index contributed by atoms with van der Waals surface area (Å²) in [5.74, 6) is -0.480. The predicted molar refractivity (Wildman–Crippen MR) is 73.0 cm³/mol. The standard InChI is InChI=1S/C14H20N2O4/c1-19-14(18)12-3-2-10(13(15)17)8-11(12)9-16-4-6-20-7-5-16/h2-3,8,14,18H,4-7,9H2,1H3,(H2,15,17). The molecule has 0 radical (unpaired) electrons. The minimum Gasteiger partial charge on any atom is -0.379 e. The number of methoxy groups -OCH3 is 1. The summed E-state index contributed by atoms with van der Waals surface area (Å²) in [7, 11) is 1.44. The zero-order valence-corrected chi connectivity index (χ0v) is 11.5. The summed E-state index contributed by atoms with van der Waals surface area (Å²) in [5, 5.41) is 9.89. The summed E-state index contributed by atoms with van der Waals surface area (Å²) >= 11 is 0. The minimum absolute atomic E-state index is 0.431. The van der Waals surface area contributed by atoms with E-state index in [9.17, 15) is 9.90 Å². The fraction of sp³-hybridized carbons (Fsp3) is 0.500. The lowest BCUT2D eigenvalue weighted by Crippen LogP contribution is -2.36. The quantitative estimate of drug-likeness (QED) is 0.755. The van der Waals surface area contributed by atoms with Gasteiger partial charge < -0.3 is 20.3 Å². The number of primary amides is 1. The van der Waals surface area contributed by atoms with Crippen LogP contribution >= 0.6 is 0 Å². The van der Waals surface area contributed by atoms with Crippen LogP contribution in [0.5, 0.6) is 0 Å². The van der Waals surface area contributed by atoms with Crippen LogP contribution in [-0.4, -0.2) is 49.3 Å². The van der Waals surface area contributed by atoms with Gasteiger partial charge in [0.05, 0.1) is 13.2 Å². The third-order valence-electron chi connectivity index (χ3n) is 3.41. The molecule has 1 aliphatic rings. The molecule has 1 aromatic carbocycles. The van der Waals surface area contributed by atoms with Crippen molar-refractivity contribution in [2.75, 3.05) is 33.4 Å². The first-order valence-electron chi connectivity index (χ1n) is 6.55. The monoisotopic (exact) mass is 280 g/mol. The van der Waals surface area contributed by atoms with Gasteiger partial charge >= 0.3 is 0 Å². The molecule has 0 aromatic heterocycles. The number of nitrogens with zero attached hydrogens (tertiary/aromatic N) is 1. The normalized spacial score (nSPS) is 17.9. The summed E-state index contributed by atoms with van der Waals surface area (Å²) in [6.45, 7) is 3.65. The zero-order valence-electron chi connectivity index (χ0n) is 11.5. The number of hydrogen-bond acceptors (Lipinski definition) is 5. The first-order valence-corrected chi connectivity index (χ1v) is 6.55. The summed E-state index contributed by atoms with van der Waals surface area (Å²) in [5.41, 5.74) is 7.24. The van der Waals surface area contributed by atoms with E-state index in [0.29, 0.717) is 30.9 Å². The first-order chi connectivity index (χ1) is 9.61. The highest BCUT2D eigenvalue weighted by Gasteiger charge is 2.17. The molecule has 6 heteroatoms. The summed E-state index contributed by atoms with van der Waals surface area (Å²) in [4.78, 5) is 13.5. The van der Waals surface area contributed by atoms with Crippen molar-refractivity contribution in [1.29, 1.82) is 0 Å². The van der Waals surface area contributed by atoms with Gasteiger partial charge in [-0.05, 0) is 17.7 Å². The Morgan fingerprint density at radius 1 is 1.50 bits per heavy atom. The van der Waals surface area contributed by atoms with Gasteiger partial charge in [-0.15, -0.1) is 0 Å². The molecule has 0 aliphatic carbocycles. The Morgan fingerprint density at radius 3 is 2.80 bits per heavy atom. The number of hydrogen-bond donors (Lipinski definition) is 2. The van der Waals surface area contributed by atoms with E-state index in [1.165, 1.54) is 7.11 Å². The molecule has 1 unspecified atom stereocenters. The van der Waals surface area contributed by atoms with Crippen LogP contribution in [-0.2, 0) is 16.0 Å². The molecule has 20 heavy (non-hydrogen) atoms. The minimum atomic E-state index is -1.01. The van der Waals surface area contributed by atoms with E-state index < -0.39 is 12.2 Å². The van der Waals surface area contributed by atoms with Crippen molar-refractivity contribution in [1.82, 2.24) is 4.90 Å². The van der Waals surface area contributed by atoms with Gasteiger partial charge in [0.25, 0.3) is 0 Å². The molecule has 1 fully saturated rings. The number of benzene rings is 1. The highest BCUT2D eigenvalue weighted by atomic mass is 16.6. The molecule has 1 atom stereocenters. The fourth-order valence-corrected chi connectivity index (χ4v) is 2.26. The van der Waals surface area contributed by atoms with E-state index in [0.717, 1.165) is 18.7 Å². The van der Waals surface area contributed by atoms with E-state index in [1.54, 1.807) is 18.2 Å². The fourth-order valence-electron chi connectivity index (χ4n) is 2.26. The maximum Gasteiger partial charge on any atom is 0.248 e. The van der Waals surface area contributed by atoms with Gasteiger partial charge in [0.15, 0.2) is 6.29 Å². The van der Waals surface area contributed by atoms with E-state index in [-0.39, 0.29) is 0 Å². The highest BCUT2D eigenvalue weighted by Crippen LogP contribution is 2.22. The number of morpholine rings is 1. The Kier molecular flexibility index (Phi) is 5.08. The SMILES string of the molecule is COC(O)c1ccc(C(N)=O)cc1CN1CCOCC1. The van der Waals surface area contributed by atoms with Gasteiger partial charge in [0.1, 0.15) is 0 Å². The number of carbonyl (C=O) groups excluding carboxylic acids is 1. The van der Waals surface area contributed by atoms with Crippen molar-refractivity contribution in [3.05, 3.63) is 34.9 Å². The Balaban J connectivity index is 2.25. The average Bonchev–Trinajstić information content (AvgIpc) is 2.47. The van der Waals surface area contributed by atoms with Crippen LogP contribution in [0.3, 0.4) is 0 Å². The zero-order chi connectivity index (χ0) is 14.5. The van der Waals surface area contributed by atoms with Crippen molar-refractivity contribution in [3.63, 3.8) is 0 Å². The molecule has 1 heterocycles. The lowest BCUT2D eigenvalue weighted by atomic mass is 10.0. The number of aliphatic hydroxyl groups is 1. The van der Waals surface area contributed by atoms with Gasteiger partial charge in [0, 0.05) is 37.9 Å². The van der Waals surface area contributed by atoms with E-state index in [1.807, 2.05) is 0 Å². The Morgan fingerprint density at radius 2 is 2.20 bits per heavy atom. The number of ether oxygens (including phenoxy) is 2. The maximum atomic E-state index is 11.3. The number of rotatable bonds is 5. The Labute approximate surface area is 118 Å². The van der Waals surface area contributed by atoms with Gasteiger partial charge in [-0.1, -0.05) is 6.07 Å². The predicted octanol–water partition coefficient (Wildman–Crippen LogP) is 0.255. The van der Waals surface area contributed by atoms with Crippen molar-refractivity contribution in [2.45, 2.75) is 12.8 Å². The topological polar surface area (TPSA) is 85.0 Å². The van der Waals surface area contributed by atoms with E-state index >= 15 is 0 Å². The molecule has 3 N–H and O–H groups in total. The molecular formula is C14H20N2O4. The number of aliphatic hydroxyl groups excluding tert-OH is 1. The molecule has 1 saturated heterocycles. The third-order valence-corrected chi connectivity index (χ3v) is 3.41. The summed E-state index contributed by atoms with van der Waals surface area (Å²) in [6, 6.07) is 5.00. The van der Waals surface area contributed by atoms with Crippen LogP contribution in [0.4, 0.5) is 0 Å². The molecule has 0 bridgehead atoms. The molecule has 1 amide bonds.